The second-order valence-corrected chi connectivity index (χ2v) is 2.41. The van der Waals surface area contributed by atoms with Crippen LogP contribution < -0.4 is 11.5 Å². The van der Waals surface area contributed by atoms with E-state index >= 15 is 0 Å². The summed E-state index contributed by atoms with van der Waals surface area (Å²) in [6.45, 7) is 0.907. The predicted octanol–water partition coefficient (Wildman–Crippen LogP) is 0.370. The molecule has 1 aliphatic heterocycles. The van der Waals surface area contributed by atoms with Crippen LogP contribution in [0.1, 0.15) is 19.3 Å². The van der Waals surface area contributed by atoms with Gasteiger partial charge in [0, 0.05) is 12.7 Å². The fourth-order valence-electron chi connectivity index (χ4n) is 1.03. The van der Waals surface area contributed by atoms with Crippen LogP contribution >= 0.6 is 0 Å². The molecule has 1 heterocycles. The van der Waals surface area contributed by atoms with Gasteiger partial charge in [0.2, 0.25) is 0 Å². The highest BCUT2D eigenvalue weighted by Gasteiger charge is 2.05. The van der Waals surface area contributed by atoms with E-state index in [-0.39, 0.29) is 0 Å². The first-order valence-corrected chi connectivity index (χ1v) is 3.55. The van der Waals surface area contributed by atoms with Crippen LogP contribution in [0.25, 0.3) is 0 Å². The number of hydrogen-bond acceptors (Lipinski definition) is 3. The molecule has 0 aliphatic carbocycles. The van der Waals surface area contributed by atoms with E-state index in [9.17, 15) is 0 Å². The molecule has 0 amide bonds. The molecular weight excluding hydrogens is 126 g/mol. The largest absolute Gasteiger partial charge is 0.403 e. The first kappa shape index (κ1) is 7.12. The van der Waals surface area contributed by atoms with Crippen LogP contribution in [-0.2, 0) is 0 Å². The Kier molecular flexibility index (Phi) is 2.31. The van der Waals surface area contributed by atoms with Gasteiger partial charge in [-0.1, -0.05) is 0 Å². The Labute approximate surface area is 60.8 Å². The van der Waals surface area contributed by atoms with Crippen molar-refractivity contribution in [2.45, 2.75) is 19.3 Å². The maximum absolute atomic E-state index is 5.55. The molecule has 0 aromatic rings. The summed E-state index contributed by atoms with van der Waals surface area (Å²) >= 11 is 0. The van der Waals surface area contributed by atoms with Gasteiger partial charge in [0.05, 0.1) is 11.4 Å². The zero-order valence-electron chi connectivity index (χ0n) is 6.01. The van der Waals surface area contributed by atoms with Gasteiger partial charge in [0.15, 0.2) is 0 Å². The van der Waals surface area contributed by atoms with E-state index in [1.165, 1.54) is 19.0 Å². The Morgan fingerprint density at radius 3 is 2.80 bits per heavy atom. The standard InChI is InChI=1S/C7H13N3/c8-5-6(9)7-3-1-2-4-10-7/h5H,1-4,8-9H2. The maximum atomic E-state index is 5.55. The van der Waals surface area contributed by atoms with Gasteiger partial charge in [-0.3, -0.25) is 4.99 Å². The Morgan fingerprint density at radius 1 is 1.50 bits per heavy atom. The third-order valence-corrected chi connectivity index (χ3v) is 1.64. The van der Waals surface area contributed by atoms with E-state index < -0.39 is 0 Å². The number of nitrogens with zero attached hydrogens (tertiary/aromatic N) is 1. The molecule has 0 atom stereocenters. The minimum absolute atomic E-state index is 0.639. The average Bonchev–Trinajstić information content (AvgIpc) is 2.05. The summed E-state index contributed by atoms with van der Waals surface area (Å²) in [5.74, 6) is 0. The summed E-state index contributed by atoms with van der Waals surface area (Å²) in [5, 5.41) is 0. The SMILES string of the molecule is NC=C(N)C1=NCCCC1. The van der Waals surface area contributed by atoms with Crippen molar-refractivity contribution in [2.75, 3.05) is 6.54 Å². The highest BCUT2D eigenvalue weighted by molar-refractivity contribution is 5.99. The Balaban J connectivity index is 2.62. The Bertz CT molecular complexity index is 170. The monoisotopic (exact) mass is 139 g/mol. The zero-order valence-corrected chi connectivity index (χ0v) is 6.01. The normalized spacial score (nSPS) is 20.4. The van der Waals surface area contributed by atoms with Gasteiger partial charge in [-0.05, 0) is 19.3 Å². The van der Waals surface area contributed by atoms with Gasteiger partial charge >= 0.3 is 0 Å². The fourth-order valence-corrected chi connectivity index (χ4v) is 1.03. The quantitative estimate of drug-likeness (QED) is 0.551. The lowest BCUT2D eigenvalue weighted by atomic mass is 10.1. The average molecular weight is 139 g/mol. The summed E-state index contributed by atoms with van der Waals surface area (Å²) in [6.07, 6.45) is 4.78. The Hall–Kier alpha value is -0.990. The second kappa shape index (κ2) is 3.25. The lowest BCUT2D eigenvalue weighted by Gasteiger charge is -2.10. The predicted molar refractivity (Wildman–Crippen MR) is 42.6 cm³/mol. The van der Waals surface area contributed by atoms with Gasteiger partial charge in [0.25, 0.3) is 0 Å². The van der Waals surface area contributed by atoms with Crippen LogP contribution in [0.2, 0.25) is 0 Å². The van der Waals surface area contributed by atoms with Crippen molar-refractivity contribution in [2.24, 2.45) is 16.5 Å². The molecule has 3 heteroatoms. The van der Waals surface area contributed by atoms with Crippen molar-refractivity contribution in [1.29, 1.82) is 0 Å². The van der Waals surface area contributed by atoms with E-state index in [0.29, 0.717) is 5.70 Å². The van der Waals surface area contributed by atoms with Crippen molar-refractivity contribution in [3.8, 4) is 0 Å². The van der Waals surface area contributed by atoms with Crippen LogP contribution in [0.3, 0.4) is 0 Å². The molecule has 1 aliphatic rings. The van der Waals surface area contributed by atoms with E-state index in [1.54, 1.807) is 0 Å². The highest BCUT2D eigenvalue weighted by Crippen LogP contribution is 2.08. The molecule has 0 saturated carbocycles. The van der Waals surface area contributed by atoms with Crippen molar-refractivity contribution in [3.05, 3.63) is 11.9 Å². The molecule has 0 fully saturated rings. The number of rotatable bonds is 1. The highest BCUT2D eigenvalue weighted by atomic mass is 14.8. The third-order valence-electron chi connectivity index (χ3n) is 1.64. The molecule has 0 aromatic heterocycles. The molecule has 3 nitrogen and oxygen atoms in total. The van der Waals surface area contributed by atoms with Crippen LogP contribution in [0.4, 0.5) is 0 Å². The molecule has 4 N–H and O–H groups in total. The van der Waals surface area contributed by atoms with E-state index in [1.807, 2.05) is 0 Å². The summed E-state index contributed by atoms with van der Waals surface area (Å²) in [7, 11) is 0. The third kappa shape index (κ3) is 1.50. The second-order valence-electron chi connectivity index (χ2n) is 2.41. The minimum Gasteiger partial charge on any atom is -0.403 e. The molecule has 0 radical (unpaired) electrons. The van der Waals surface area contributed by atoms with Crippen LogP contribution in [0.15, 0.2) is 16.9 Å². The first-order valence-electron chi connectivity index (χ1n) is 3.55. The fraction of sp³-hybridized carbons (Fsp3) is 0.571. The van der Waals surface area contributed by atoms with Crippen molar-refractivity contribution >= 4 is 5.71 Å². The van der Waals surface area contributed by atoms with Crippen LogP contribution in [-0.4, -0.2) is 12.3 Å². The number of allylic oxidation sites excluding steroid dienone is 1. The molecule has 10 heavy (non-hydrogen) atoms. The molecule has 0 bridgehead atoms. The van der Waals surface area contributed by atoms with Crippen molar-refractivity contribution in [3.63, 3.8) is 0 Å². The summed E-state index contributed by atoms with van der Waals surface area (Å²) in [4.78, 5) is 4.24. The smallest absolute Gasteiger partial charge is 0.0685 e. The number of nitrogens with two attached hydrogens (primary N) is 2. The molecule has 1 rings (SSSR count). The molecule has 0 aromatic carbocycles. The van der Waals surface area contributed by atoms with Crippen LogP contribution in [0.5, 0.6) is 0 Å². The van der Waals surface area contributed by atoms with Gasteiger partial charge in [0.1, 0.15) is 0 Å². The number of hydrogen-bond donors (Lipinski definition) is 2. The zero-order chi connectivity index (χ0) is 7.40. The minimum atomic E-state index is 0.639. The summed E-state index contributed by atoms with van der Waals surface area (Å²) in [6, 6.07) is 0. The van der Waals surface area contributed by atoms with E-state index in [0.717, 1.165) is 18.7 Å². The maximum Gasteiger partial charge on any atom is 0.0685 e. The molecular formula is C7H13N3. The molecule has 0 saturated heterocycles. The van der Waals surface area contributed by atoms with Gasteiger partial charge in [-0.2, -0.15) is 0 Å². The Morgan fingerprint density at radius 2 is 2.30 bits per heavy atom. The molecule has 56 valence electrons. The number of aliphatic imine (C=N–C) groups is 1. The van der Waals surface area contributed by atoms with Crippen LogP contribution in [0, 0.1) is 0 Å². The van der Waals surface area contributed by atoms with Gasteiger partial charge in [-0.15, -0.1) is 0 Å². The lowest BCUT2D eigenvalue weighted by Crippen LogP contribution is -2.16. The van der Waals surface area contributed by atoms with E-state index in [4.69, 9.17) is 11.5 Å². The summed E-state index contributed by atoms with van der Waals surface area (Å²) in [5.41, 5.74) is 12.4. The van der Waals surface area contributed by atoms with Gasteiger partial charge in [-0.25, -0.2) is 0 Å². The molecule has 0 spiro atoms. The van der Waals surface area contributed by atoms with Gasteiger partial charge < -0.3 is 11.5 Å². The molecule has 0 unspecified atom stereocenters. The summed E-state index contributed by atoms with van der Waals surface area (Å²) < 4.78 is 0. The van der Waals surface area contributed by atoms with Crippen molar-refractivity contribution < 1.29 is 0 Å². The topological polar surface area (TPSA) is 64.4 Å². The van der Waals surface area contributed by atoms with Crippen molar-refractivity contribution in [1.82, 2.24) is 0 Å². The van der Waals surface area contributed by atoms with E-state index in [2.05, 4.69) is 4.99 Å². The lowest BCUT2D eigenvalue weighted by molar-refractivity contribution is 0.737. The first-order chi connectivity index (χ1) is 4.84.